The second-order valence-corrected chi connectivity index (χ2v) is 7.87. The molecule has 1 N–H and O–H groups in total. The first-order chi connectivity index (χ1) is 12.9. The molecule has 1 unspecified atom stereocenters. The van der Waals surface area contributed by atoms with Gasteiger partial charge in [0.25, 0.3) is 0 Å². The number of nitrogens with zero attached hydrogens (tertiary/aromatic N) is 1. The second kappa shape index (κ2) is 8.08. The molecule has 144 valence electrons. The van der Waals surface area contributed by atoms with Gasteiger partial charge in [-0.3, -0.25) is 0 Å². The molecule has 0 radical (unpaired) electrons. The quantitative estimate of drug-likeness (QED) is 0.725. The number of hydrogen-bond acceptors (Lipinski definition) is 6. The molecular weight excluding hydrogens is 370 g/mol. The van der Waals surface area contributed by atoms with E-state index >= 15 is 0 Å². The number of ether oxygens (including phenoxy) is 2. The fourth-order valence-corrected chi connectivity index (χ4v) is 4.60. The van der Waals surface area contributed by atoms with E-state index in [2.05, 4.69) is 0 Å². The number of esters is 1. The summed E-state index contributed by atoms with van der Waals surface area (Å²) in [6.45, 7) is 2.02. The maximum absolute atomic E-state index is 12.6. The summed E-state index contributed by atoms with van der Waals surface area (Å²) >= 11 is 0. The molecule has 0 spiro atoms. The Morgan fingerprint density at radius 3 is 2.52 bits per heavy atom. The summed E-state index contributed by atoms with van der Waals surface area (Å²) in [4.78, 5) is 11.4. The van der Waals surface area contributed by atoms with Crippen LogP contribution >= 0.6 is 0 Å². The van der Waals surface area contributed by atoms with Gasteiger partial charge in [-0.25, -0.2) is 13.2 Å². The molecule has 2 aromatic carbocycles. The normalized spacial score (nSPS) is 18.1. The number of sulfonamides is 1. The van der Waals surface area contributed by atoms with Crippen LogP contribution in [0.1, 0.15) is 24.3 Å². The molecule has 0 fully saturated rings. The van der Waals surface area contributed by atoms with Crippen LogP contribution in [0.5, 0.6) is 5.75 Å². The highest BCUT2D eigenvalue weighted by Crippen LogP contribution is 2.37. The molecule has 8 heteroatoms. The van der Waals surface area contributed by atoms with Gasteiger partial charge in [0.15, 0.2) is 6.61 Å². The van der Waals surface area contributed by atoms with E-state index in [9.17, 15) is 18.3 Å². The van der Waals surface area contributed by atoms with Gasteiger partial charge in [0, 0.05) is 12.1 Å². The molecule has 0 aliphatic carbocycles. The first-order valence-electron chi connectivity index (χ1n) is 8.59. The highest BCUT2D eigenvalue weighted by molar-refractivity contribution is 7.89. The maximum atomic E-state index is 12.6. The summed E-state index contributed by atoms with van der Waals surface area (Å²) in [5.41, 5.74) is 1.29. The van der Waals surface area contributed by atoms with Gasteiger partial charge in [0.1, 0.15) is 12.0 Å². The van der Waals surface area contributed by atoms with E-state index in [0.29, 0.717) is 24.3 Å². The van der Waals surface area contributed by atoms with E-state index < -0.39 is 22.2 Å². The van der Waals surface area contributed by atoms with Gasteiger partial charge in [-0.15, -0.1) is 0 Å². The SMILES string of the molecule is CCOC(=O)COc1ccc(CCN2C(O)c3ccccc3S2(=O)=O)cc1. The lowest BCUT2D eigenvalue weighted by Gasteiger charge is -2.19. The molecule has 0 bridgehead atoms. The molecule has 0 saturated heterocycles. The van der Waals surface area contributed by atoms with Crippen LogP contribution in [0.3, 0.4) is 0 Å². The lowest BCUT2D eigenvalue weighted by atomic mass is 10.1. The average Bonchev–Trinajstić information content (AvgIpc) is 2.86. The van der Waals surface area contributed by atoms with Crippen LogP contribution in [-0.2, 0) is 26.0 Å². The van der Waals surface area contributed by atoms with E-state index in [1.54, 1.807) is 49.4 Å². The van der Waals surface area contributed by atoms with E-state index in [-0.39, 0.29) is 18.0 Å². The van der Waals surface area contributed by atoms with Gasteiger partial charge in [0.05, 0.1) is 11.5 Å². The molecule has 27 heavy (non-hydrogen) atoms. The third-order valence-electron chi connectivity index (χ3n) is 4.26. The number of aliphatic hydroxyl groups is 1. The zero-order chi connectivity index (χ0) is 19.4. The Labute approximate surface area is 158 Å². The zero-order valence-electron chi connectivity index (χ0n) is 14.9. The lowest BCUT2D eigenvalue weighted by Crippen LogP contribution is -2.30. The number of fused-ring (bicyclic) bond motifs is 1. The Bertz CT molecular complexity index is 910. The topological polar surface area (TPSA) is 93.1 Å². The number of aliphatic hydroxyl groups excluding tert-OH is 1. The van der Waals surface area contributed by atoms with E-state index in [1.165, 1.54) is 6.07 Å². The van der Waals surface area contributed by atoms with Crippen molar-refractivity contribution in [1.82, 2.24) is 4.31 Å². The molecule has 1 heterocycles. The van der Waals surface area contributed by atoms with Gasteiger partial charge in [-0.1, -0.05) is 30.3 Å². The lowest BCUT2D eigenvalue weighted by molar-refractivity contribution is -0.145. The van der Waals surface area contributed by atoms with Crippen molar-refractivity contribution >= 4 is 16.0 Å². The molecule has 1 atom stereocenters. The smallest absolute Gasteiger partial charge is 0.344 e. The third-order valence-corrected chi connectivity index (χ3v) is 6.19. The fourth-order valence-electron chi connectivity index (χ4n) is 2.92. The molecule has 7 nitrogen and oxygen atoms in total. The molecule has 0 amide bonds. The van der Waals surface area contributed by atoms with Crippen LogP contribution < -0.4 is 4.74 Å². The van der Waals surface area contributed by atoms with Gasteiger partial charge in [0.2, 0.25) is 10.0 Å². The van der Waals surface area contributed by atoms with E-state index in [0.717, 1.165) is 9.87 Å². The molecule has 1 aliphatic rings. The predicted molar refractivity (Wildman–Crippen MR) is 97.6 cm³/mol. The highest BCUT2D eigenvalue weighted by Gasteiger charge is 2.41. The number of benzene rings is 2. The largest absolute Gasteiger partial charge is 0.482 e. The Morgan fingerprint density at radius 2 is 1.85 bits per heavy atom. The zero-order valence-corrected chi connectivity index (χ0v) is 15.7. The van der Waals surface area contributed by atoms with Crippen LogP contribution in [0.2, 0.25) is 0 Å². The molecule has 1 aliphatic heterocycles. The Morgan fingerprint density at radius 1 is 1.15 bits per heavy atom. The van der Waals surface area contributed by atoms with E-state index in [4.69, 9.17) is 9.47 Å². The van der Waals surface area contributed by atoms with Crippen molar-refractivity contribution in [3.63, 3.8) is 0 Å². The summed E-state index contributed by atoms with van der Waals surface area (Å²) in [6.07, 6.45) is -0.735. The number of rotatable bonds is 7. The standard InChI is InChI=1S/C19H21NO6S/c1-2-25-18(21)13-26-15-9-7-14(8-10-15)11-12-20-19(22)16-5-3-4-6-17(16)27(20,23)24/h3-10,19,22H,2,11-13H2,1H3. The first kappa shape index (κ1) is 19.3. The van der Waals surface area contributed by atoms with Crippen LogP contribution in [0.4, 0.5) is 0 Å². The van der Waals surface area contributed by atoms with Crippen molar-refractivity contribution < 1.29 is 27.8 Å². The number of carbonyl (C=O) groups excluding carboxylic acids is 1. The van der Waals surface area contributed by atoms with Crippen molar-refractivity contribution in [1.29, 1.82) is 0 Å². The summed E-state index contributed by atoms with van der Waals surface area (Å²) in [5.74, 6) is 0.0856. The molecule has 3 rings (SSSR count). The fraction of sp³-hybridized carbons (Fsp3) is 0.316. The van der Waals surface area contributed by atoms with E-state index in [1.807, 2.05) is 0 Å². The summed E-state index contributed by atoms with van der Waals surface area (Å²) in [7, 11) is -3.69. The van der Waals surface area contributed by atoms with Gasteiger partial charge < -0.3 is 14.6 Å². The molecule has 0 saturated carbocycles. The van der Waals surface area contributed by atoms with Crippen LogP contribution in [0.25, 0.3) is 0 Å². The molecule has 0 aromatic heterocycles. The Hall–Kier alpha value is -2.42. The first-order valence-corrected chi connectivity index (χ1v) is 10.0. The third kappa shape index (κ3) is 4.13. The van der Waals surface area contributed by atoms with Gasteiger partial charge in [-0.2, -0.15) is 4.31 Å². The van der Waals surface area contributed by atoms with Crippen molar-refractivity contribution in [3.8, 4) is 5.75 Å². The molecular formula is C19H21NO6S. The monoisotopic (exact) mass is 391 g/mol. The summed E-state index contributed by atoms with van der Waals surface area (Å²) < 4.78 is 36.4. The molecule has 2 aromatic rings. The van der Waals surface area contributed by atoms with Crippen molar-refractivity contribution in [2.45, 2.75) is 24.5 Å². The second-order valence-electron chi connectivity index (χ2n) is 6.01. The Kier molecular flexibility index (Phi) is 5.79. The Balaban J connectivity index is 1.60. The maximum Gasteiger partial charge on any atom is 0.344 e. The summed E-state index contributed by atoms with van der Waals surface area (Å²) in [5, 5.41) is 10.3. The highest BCUT2D eigenvalue weighted by atomic mass is 32.2. The average molecular weight is 391 g/mol. The summed E-state index contributed by atoms with van der Waals surface area (Å²) in [6, 6.07) is 13.5. The number of hydrogen-bond donors (Lipinski definition) is 1. The van der Waals surface area contributed by atoms with Crippen molar-refractivity contribution in [2.24, 2.45) is 0 Å². The van der Waals surface area contributed by atoms with Crippen molar-refractivity contribution in [3.05, 3.63) is 59.7 Å². The predicted octanol–water partition coefficient (Wildman–Crippen LogP) is 1.87. The van der Waals surface area contributed by atoms with Crippen LogP contribution in [0.15, 0.2) is 53.4 Å². The van der Waals surface area contributed by atoms with Crippen LogP contribution in [0, 0.1) is 0 Å². The number of carbonyl (C=O) groups is 1. The van der Waals surface area contributed by atoms with Crippen molar-refractivity contribution in [2.75, 3.05) is 19.8 Å². The minimum atomic E-state index is -3.69. The minimum absolute atomic E-state index is 0.153. The van der Waals surface area contributed by atoms with Crippen LogP contribution in [-0.4, -0.2) is 43.6 Å². The minimum Gasteiger partial charge on any atom is -0.482 e. The van der Waals surface area contributed by atoms with Gasteiger partial charge in [-0.05, 0) is 37.1 Å². The van der Waals surface area contributed by atoms with Gasteiger partial charge >= 0.3 is 5.97 Å².